The molecule has 0 atom stereocenters. The Hall–Kier alpha value is -2.95. The van der Waals surface area contributed by atoms with E-state index in [-0.39, 0.29) is 17.3 Å². The van der Waals surface area contributed by atoms with E-state index in [9.17, 15) is 30.2 Å². The van der Waals surface area contributed by atoms with Crippen molar-refractivity contribution in [3.8, 4) is 17.2 Å². The van der Waals surface area contributed by atoms with Crippen molar-refractivity contribution in [1.29, 1.82) is 0 Å². The lowest BCUT2D eigenvalue weighted by Crippen LogP contribution is -2.09. The van der Waals surface area contributed by atoms with Crippen molar-refractivity contribution >= 4 is 23.5 Å². The van der Waals surface area contributed by atoms with Gasteiger partial charge >= 0.3 is 11.8 Å². The molecule has 134 valence electrons. The first kappa shape index (κ1) is 18.4. The first-order valence-electron chi connectivity index (χ1n) is 6.97. The molecule has 0 bridgehead atoms. The van der Waals surface area contributed by atoms with E-state index in [1.54, 1.807) is 6.92 Å². The zero-order valence-corrected chi connectivity index (χ0v) is 13.9. The van der Waals surface area contributed by atoms with E-state index in [4.69, 9.17) is 4.74 Å². The number of hydrogen-bond acceptors (Lipinski definition) is 9. The molecule has 0 amide bonds. The SMILES string of the molecule is Cc1ncc([N+](=O)[O-])n1CCSCOC(=O)c1cc(O)c(O)c(O)c1. The quantitative estimate of drug-likeness (QED) is 0.166. The Morgan fingerprint density at radius 2 is 2.00 bits per heavy atom. The van der Waals surface area contributed by atoms with Crippen molar-refractivity contribution in [2.45, 2.75) is 13.5 Å². The van der Waals surface area contributed by atoms with Gasteiger partial charge in [0.15, 0.2) is 23.1 Å². The summed E-state index contributed by atoms with van der Waals surface area (Å²) in [5.41, 5.74) is -0.116. The second-order valence-corrected chi connectivity index (χ2v) is 5.95. The Bertz CT molecular complexity index is 783. The van der Waals surface area contributed by atoms with Crippen LogP contribution in [-0.4, -0.2) is 47.5 Å². The van der Waals surface area contributed by atoms with E-state index in [2.05, 4.69) is 4.98 Å². The highest BCUT2D eigenvalue weighted by Crippen LogP contribution is 2.35. The lowest BCUT2D eigenvalue weighted by molar-refractivity contribution is -0.392. The Morgan fingerprint density at radius 3 is 2.60 bits per heavy atom. The number of phenolic OH excluding ortho intramolecular Hbond substituents is 3. The lowest BCUT2D eigenvalue weighted by Gasteiger charge is -2.07. The summed E-state index contributed by atoms with van der Waals surface area (Å²) in [7, 11) is 0. The first-order valence-corrected chi connectivity index (χ1v) is 8.13. The van der Waals surface area contributed by atoms with Crippen LogP contribution < -0.4 is 0 Å². The summed E-state index contributed by atoms with van der Waals surface area (Å²) in [5, 5.41) is 38.8. The van der Waals surface area contributed by atoms with Crippen LogP contribution in [0, 0.1) is 17.0 Å². The number of aromatic nitrogens is 2. The second-order valence-electron chi connectivity index (χ2n) is 4.89. The van der Waals surface area contributed by atoms with E-state index in [1.807, 2.05) is 0 Å². The van der Waals surface area contributed by atoms with Crippen molar-refractivity contribution in [2.75, 3.05) is 11.7 Å². The van der Waals surface area contributed by atoms with Crippen LogP contribution in [0.3, 0.4) is 0 Å². The van der Waals surface area contributed by atoms with Gasteiger partial charge in [-0.2, -0.15) is 0 Å². The van der Waals surface area contributed by atoms with Gasteiger partial charge in [-0.25, -0.2) is 14.3 Å². The van der Waals surface area contributed by atoms with Crippen molar-refractivity contribution < 1.29 is 29.8 Å². The molecule has 0 aliphatic heterocycles. The molecule has 2 aromatic rings. The number of ether oxygens (including phenoxy) is 1. The summed E-state index contributed by atoms with van der Waals surface area (Å²) in [6.07, 6.45) is 1.18. The van der Waals surface area contributed by atoms with Gasteiger partial charge in [-0.1, -0.05) is 0 Å². The van der Waals surface area contributed by atoms with Gasteiger partial charge in [0.05, 0.1) is 5.56 Å². The fourth-order valence-electron chi connectivity index (χ4n) is 1.99. The number of nitro groups is 1. The molecule has 2 rings (SSSR count). The molecule has 0 saturated carbocycles. The smallest absolute Gasteiger partial charge is 0.342 e. The highest BCUT2D eigenvalue weighted by molar-refractivity contribution is 7.99. The number of benzene rings is 1. The summed E-state index contributed by atoms with van der Waals surface area (Å²) in [4.78, 5) is 26.0. The predicted octanol–water partition coefficient (Wildman–Crippen LogP) is 1.76. The molecule has 1 aromatic carbocycles. The largest absolute Gasteiger partial charge is 0.504 e. The van der Waals surface area contributed by atoms with Crippen molar-refractivity contribution in [1.82, 2.24) is 9.55 Å². The summed E-state index contributed by atoms with van der Waals surface area (Å²) in [6.45, 7) is 1.98. The van der Waals surface area contributed by atoms with Crippen LogP contribution in [-0.2, 0) is 11.3 Å². The minimum absolute atomic E-state index is 0.0250. The van der Waals surface area contributed by atoms with Crippen LogP contribution in [0.1, 0.15) is 16.2 Å². The number of thioether (sulfide) groups is 1. The number of carbonyl (C=O) groups excluding carboxylic acids is 1. The number of aryl methyl sites for hydroxylation is 1. The second kappa shape index (κ2) is 7.75. The average molecular weight is 369 g/mol. The summed E-state index contributed by atoms with van der Waals surface area (Å²) in [6, 6.07) is 1.94. The summed E-state index contributed by atoms with van der Waals surface area (Å²) in [5.74, 6) is -1.96. The molecular formula is C14H15N3O7S. The molecule has 0 saturated heterocycles. The highest BCUT2D eigenvalue weighted by Gasteiger charge is 2.17. The number of hydrogen-bond donors (Lipinski definition) is 3. The van der Waals surface area contributed by atoms with Crippen molar-refractivity contribution in [2.24, 2.45) is 0 Å². The number of aromatic hydroxyl groups is 3. The van der Waals surface area contributed by atoms with Crippen LogP contribution in [0.2, 0.25) is 0 Å². The van der Waals surface area contributed by atoms with Crippen molar-refractivity contribution in [3.05, 3.63) is 39.8 Å². The minimum Gasteiger partial charge on any atom is -0.504 e. The van der Waals surface area contributed by atoms with Gasteiger partial charge in [-0.3, -0.25) is 0 Å². The normalized spacial score (nSPS) is 10.6. The third kappa shape index (κ3) is 4.32. The Kier molecular flexibility index (Phi) is 5.70. The van der Waals surface area contributed by atoms with Gasteiger partial charge in [0, 0.05) is 12.7 Å². The molecule has 0 radical (unpaired) electrons. The first-order chi connectivity index (χ1) is 11.8. The third-order valence-electron chi connectivity index (χ3n) is 3.26. The topological polar surface area (TPSA) is 148 Å². The maximum absolute atomic E-state index is 11.8. The maximum Gasteiger partial charge on any atom is 0.342 e. The number of carbonyl (C=O) groups is 1. The third-order valence-corrected chi connectivity index (χ3v) is 4.01. The van der Waals surface area contributed by atoms with Gasteiger partial charge in [0.2, 0.25) is 0 Å². The zero-order valence-electron chi connectivity index (χ0n) is 13.1. The number of esters is 1. The molecule has 0 fully saturated rings. The van der Waals surface area contributed by atoms with E-state index in [0.717, 1.165) is 12.1 Å². The molecule has 25 heavy (non-hydrogen) atoms. The molecule has 10 nitrogen and oxygen atoms in total. The minimum atomic E-state index is -0.789. The molecule has 0 aliphatic carbocycles. The van der Waals surface area contributed by atoms with E-state index in [0.29, 0.717) is 18.1 Å². The maximum atomic E-state index is 11.8. The lowest BCUT2D eigenvalue weighted by atomic mass is 10.2. The summed E-state index contributed by atoms with van der Waals surface area (Å²) >= 11 is 1.23. The fourth-order valence-corrected chi connectivity index (χ4v) is 2.61. The van der Waals surface area contributed by atoms with Gasteiger partial charge < -0.3 is 30.2 Å². The van der Waals surface area contributed by atoms with Gasteiger partial charge in [-0.05, 0) is 17.1 Å². The van der Waals surface area contributed by atoms with Crippen LogP contribution in [0.15, 0.2) is 18.3 Å². The van der Waals surface area contributed by atoms with E-state index in [1.165, 1.54) is 22.5 Å². The molecule has 1 heterocycles. The molecule has 3 N–H and O–H groups in total. The average Bonchev–Trinajstić information content (AvgIpc) is 2.92. The van der Waals surface area contributed by atoms with Crippen LogP contribution in [0.4, 0.5) is 5.82 Å². The summed E-state index contributed by atoms with van der Waals surface area (Å²) < 4.78 is 6.42. The van der Waals surface area contributed by atoms with Crippen LogP contribution in [0.5, 0.6) is 17.2 Å². The Morgan fingerprint density at radius 1 is 1.36 bits per heavy atom. The van der Waals surface area contributed by atoms with Crippen LogP contribution in [0.25, 0.3) is 0 Å². The van der Waals surface area contributed by atoms with E-state index < -0.39 is 28.1 Å². The number of phenols is 3. The fraction of sp³-hybridized carbons (Fsp3) is 0.286. The van der Waals surface area contributed by atoms with Gasteiger partial charge in [0.1, 0.15) is 18.7 Å². The Labute approximate surface area is 145 Å². The highest BCUT2D eigenvalue weighted by atomic mass is 32.2. The standard InChI is InChI=1S/C14H15N3O7S/c1-8-15-6-12(17(22)23)16(8)2-3-25-7-24-14(21)9-4-10(18)13(20)11(19)5-9/h4-6,18-20H,2-3,7H2,1H3. The molecule has 0 aliphatic rings. The molecule has 0 spiro atoms. The number of imidazole rings is 1. The zero-order chi connectivity index (χ0) is 18.6. The molecule has 0 unspecified atom stereocenters. The number of nitrogens with zero attached hydrogens (tertiary/aromatic N) is 3. The van der Waals surface area contributed by atoms with E-state index >= 15 is 0 Å². The molecule has 1 aromatic heterocycles. The molecular weight excluding hydrogens is 354 g/mol. The number of rotatable bonds is 7. The predicted molar refractivity (Wildman–Crippen MR) is 87.8 cm³/mol. The van der Waals surface area contributed by atoms with Gasteiger partial charge in [-0.15, -0.1) is 11.8 Å². The van der Waals surface area contributed by atoms with Crippen LogP contribution >= 0.6 is 11.8 Å². The molecule has 11 heteroatoms. The Balaban J connectivity index is 1.83. The monoisotopic (exact) mass is 369 g/mol. The van der Waals surface area contributed by atoms with Crippen molar-refractivity contribution in [3.63, 3.8) is 0 Å². The van der Waals surface area contributed by atoms with Gasteiger partial charge in [0.25, 0.3) is 0 Å².